The van der Waals surface area contributed by atoms with Crippen molar-refractivity contribution in [1.29, 1.82) is 0 Å². The third-order valence-corrected chi connectivity index (χ3v) is 1.82. The van der Waals surface area contributed by atoms with Gasteiger partial charge in [0.2, 0.25) is 0 Å². The Hall–Kier alpha value is -2.24. The minimum Gasteiger partial charge on any atom is -0.478 e. The lowest BCUT2D eigenvalue weighted by molar-refractivity contribution is 0.0696. The number of carboxylic acid groups (broad SMARTS) is 2. The second-order valence-corrected chi connectivity index (χ2v) is 2.70. The maximum absolute atomic E-state index is 10.7. The Morgan fingerprint density at radius 1 is 1.00 bits per heavy atom. The van der Waals surface area contributed by atoms with Crippen LogP contribution in [0.15, 0.2) is 12.1 Å². The van der Waals surface area contributed by atoms with Crippen molar-refractivity contribution in [3.05, 3.63) is 23.3 Å². The molecule has 0 atom stereocenters. The van der Waals surface area contributed by atoms with Crippen molar-refractivity contribution in [1.82, 2.24) is 10.2 Å². The van der Waals surface area contributed by atoms with E-state index in [1.165, 1.54) is 12.1 Å². The standard InChI is InChI=1S/C8H4N2O4/c11-7(12)4-1-3-2-5(8(13)14)6(4)10-9-3/h1-2H,(H,11,12)(H,13,14). The van der Waals surface area contributed by atoms with Crippen LogP contribution in [0.1, 0.15) is 20.7 Å². The smallest absolute Gasteiger partial charge is 0.338 e. The molecule has 3 aromatic rings. The minimum atomic E-state index is -1.21. The maximum atomic E-state index is 10.7. The Bertz CT molecular complexity index is 484. The molecule has 2 aromatic heterocycles. The third kappa shape index (κ3) is 1.05. The van der Waals surface area contributed by atoms with E-state index >= 15 is 0 Å². The van der Waals surface area contributed by atoms with Crippen molar-refractivity contribution >= 4 is 23.0 Å². The second kappa shape index (κ2) is 2.63. The summed E-state index contributed by atoms with van der Waals surface area (Å²) >= 11 is 0. The summed E-state index contributed by atoms with van der Waals surface area (Å²) in [5.41, 5.74) is -0.111. The zero-order chi connectivity index (χ0) is 10.3. The van der Waals surface area contributed by atoms with Crippen molar-refractivity contribution in [3.63, 3.8) is 0 Å². The summed E-state index contributed by atoms with van der Waals surface area (Å²) in [6.07, 6.45) is 0. The lowest BCUT2D eigenvalue weighted by Crippen LogP contribution is -2.08. The second-order valence-electron chi connectivity index (χ2n) is 2.70. The molecule has 2 N–H and O–H groups in total. The van der Waals surface area contributed by atoms with Gasteiger partial charge in [0, 0.05) is 0 Å². The Morgan fingerprint density at radius 3 is 1.86 bits per heavy atom. The first-order valence-corrected chi connectivity index (χ1v) is 3.66. The quantitative estimate of drug-likeness (QED) is 0.716. The first-order chi connectivity index (χ1) is 6.59. The number of nitrogens with zero attached hydrogens (tertiary/aromatic N) is 2. The fraction of sp³-hybridized carbons (Fsp3) is 0. The van der Waals surface area contributed by atoms with Crippen LogP contribution < -0.4 is 0 Å². The summed E-state index contributed by atoms with van der Waals surface area (Å²) < 4.78 is 0. The van der Waals surface area contributed by atoms with E-state index in [9.17, 15) is 9.59 Å². The molecule has 6 heteroatoms. The first kappa shape index (κ1) is 8.36. The Balaban J connectivity index is 2.80. The number of fused-ring (bicyclic) bond motifs is 3. The van der Waals surface area contributed by atoms with Gasteiger partial charge in [0.25, 0.3) is 0 Å². The average Bonchev–Trinajstić information content (AvgIpc) is 2.18. The normalized spacial score (nSPS) is 10.6. The monoisotopic (exact) mass is 192 g/mol. The third-order valence-electron chi connectivity index (χ3n) is 1.82. The van der Waals surface area contributed by atoms with Crippen LogP contribution in [0.3, 0.4) is 0 Å². The van der Waals surface area contributed by atoms with E-state index in [1.54, 1.807) is 0 Å². The van der Waals surface area contributed by atoms with E-state index in [-0.39, 0.29) is 22.2 Å². The summed E-state index contributed by atoms with van der Waals surface area (Å²) in [4.78, 5) is 21.4. The fourth-order valence-corrected chi connectivity index (χ4v) is 1.22. The molecule has 0 unspecified atom stereocenters. The highest BCUT2D eigenvalue weighted by atomic mass is 16.4. The zero-order valence-corrected chi connectivity index (χ0v) is 6.76. The highest BCUT2D eigenvalue weighted by Gasteiger charge is 2.19. The number of carbonyl (C=O) groups is 2. The van der Waals surface area contributed by atoms with Crippen molar-refractivity contribution in [2.24, 2.45) is 0 Å². The lowest BCUT2D eigenvalue weighted by Gasteiger charge is -2.04. The van der Waals surface area contributed by atoms with Crippen molar-refractivity contribution in [2.75, 3.05) is 0 Å². The lowest BCUT2D eigenvalue weighted by atomic mass is 10.1. The van der Waals surface area contributed by atoms with Gasteiger partial charge in [-0.15, -0.1) is 5.10 Å². The molecule has 0 saturated carbocycles. The van der Waals surface area contributed by atoms with E-state index in [2.05, 4.69) is 10.2 Å². The number of aromatic carboxylic acids is 2. The van der Waals surface area contributed by atoms with Crippen molar-refractivity contribution < 1.29 is 19.8 Å². The molecule has 0 amide bonds. The van der Waals surface area contributed by atoms with Crippen LogP contribution in [-0.2, 0) is 0 Å². The van der Waals surface area contributed by atoms with E-state index in [0.29, 0.717) is 0 Å². The summed E-state index contributed by atoms with van der Waals surface area (Å²) in [6, 6.07) is 2.58. The van der Waals surface area contributed by atoms with Crippen LogP contribution >= 0.6 is 0 Å². The molecule has 0 aliphatic rings. The van der Waals surface area contributed by atoms with Gasteiger partial charge in [0.15, 0.2) is 0 Å². The Labute approximate surface area is 77.1 Å². The number of benzene rings is 1. The molecule has 2 heterocycles. The summed E-state index contributed by atoms with van der Waals surface area (Å²) in [5.74, 6) is -2.41. The van der Waals surface area contributed by atoms with Gasteiger partial charge in [-0.1, -0.05) is 0 Å². The van der Waals surface area contributed by atoms with Crippen LogP contribution in [0, 0.1) is 0 Å². The number of hydrogen-bond acceptors (Lipinski definition) is 4. The van der Waals surface area contributed by atoms with Gasteiger partial charge < -0.3 is 10.2 Å². The van der Waals surface area contributed by atoms with Gasteiger partial charge in [-0.25, -0.2) is 9.59 Å². The molecule has 0 saturated heterocycles. The van der Waals surface area contributed by atoms with Crippen LogP contribution in [0.25, 0.3) is 11.0 Å². The van der Waals surface area contributed by atoms with Gasteiger partial charge in [-0.2, -0.15) is 5.10 Å². The molecular formula is C8H4N2O4. The van der Waals surface area contributed by atoms with Crippen LogP contribution in [0.5, 0.6) is 0 Å². The maximum Gasteiger partial charge on any atom is 0.338 e. The number of hydrogen-bond donors (Lipinski definition) is 2. The topological polar surface area (TPSA) is 100 Å². The van der Waals surface area contributed by atoms with Crippen LogP contribution in [-0.4, -0.2) is 32.3 Å². The Kier molecular flexibility index (Phi) is 1.57. The van der Waals surface area contributed by atoms with Gasteiger partial charge in [-0.3, -0.25) is 0 Å². The molecule has 6 nitrogen and oxygen atoms in total. The van der Waals surface area contributed by atoms with E-state index in [0.717, 1.165) is 0 Å². The van der Waals surface area contributed by atoms with Crippen molar-refractivity contribution in [3.8, 4) is 0 Å². The summed E-state index contributed by atoms with van der Waals surface area (Å²) in [5, 5.41) is 24.6. The average molecular weight is 192 g/mol. The Morgan fingerprint density at radius 2 is 1.50 bits per heavy atom. The number of aromatic nitrogens is 2. The van der Waals surface area contributed by atoms with E-state index in [1.807, 2.05) is 0 Å². The highest BCUT2D eigenvalue weighted by Crippen LogP contribution is 2.18. The molecule has 0 fully saturated rings. The van der Waals surface area contributed by atoms with E-state index in [4.69, 9.17) is 10.2 Å². The van der Waals surface area contributed by atoms with Gasteiger partial charge in [0.1, 0.15) is 5.52 Å². The zero-order valence-electron chi connectivity index (χ0n) is 6.76. The molecule has 2 bridgehead atoms. The number of rotatable bonds is 2. The largest absolute Gasteiger partial charge is 0.478 e. The predicted octanol–water partition coefficient (Wildman–Crippen LogP) is 0.464. The molecule has 3 rings (SSSR count). The molecule has 0 radical (unpaired) electrons. The minimum absolute atomic E-state index is 0.0972. The molecule has 1 aromatic carbocycles. The van der Waals surface area contributed by atoms with Gasteiger partial charge in [0.05, 0.1) is 16.6 Å². The highest BCUT2D eigenvalue weighted by molar-refractivity contribution is 6.06. The summed E-state index contributed by atoms with van der Waals surface area (Å²) in [6.45, 7) is 0. The predicted molar refractivity (Wildman–Crippen MR) is 44.6 cm³/mol. The van der Waals surface area contributed by atoms with Crippen molar-refractivity contribution in [2.45, 2.75) is 0 Å². The summed E-state index contributed by atoms with van der Waals surface area (Å²) in [7, 11) is 0. The molecular weight excluding hydrogens is 188 g/mol. The van der Waals surface area contributed by atoms with E-state index < -0.39 is 11.9 Å². The van der Waals surface area contributed by atoms with Crippen LogP contribution in [0.2, 0.25) is 0 Å². The molecule has 0 aliphatic carbocycles. The SMILES string of the molecule is O=C(O)c1cc2cc(C(=O)O)c1nn2. The molecule has 70 valence electrons. The number of carboxylic acids is 2. The molecule has 14 heavy (non-hydrogen) atoms. The van der Waals surface area contributed by atoms with Crippen LogP contribution in [0.4, 0.5) is 0 Å². The molecule has 0 aliphatic heterocycles. The van der Waals surface area contributed by atoms with Gasteiger partial charge >= 0.3 is 11.9 Å². The first-order valence-electron chi connectivity index (χ1n) is 3.66. The van der Waals surface area contributed by atoms with Gasteiger partial charge in [-0.05, 0) is 12.1 Å². The molecule has 0 spiro atoms. The fourth-order valence-electron chi connectivity index (χ4n) is 1.22.